The average molecular weight is 191 g/mol. The number of hydrogen-bond donors (Lipinski definition) is 2. The summed E-state index contributed by atoms with van der Waals surface area (Å²) in [5, 5.41) is 11.5. The first-order valence-electron chi connectivity index (χ1n) is 4.73. The van der Waals surface area contributed by atoms with E-state index in [0.29, 0.717) is 13.2 Å². The maximum absolute atomic E-state index is 8.45. The van der Waals surface area contributed by atoms with E-state index < -0.39 is 0 Å². The van der Waals surface area contributed by atoms with E-state index in [4.69, 9.17) is 14.6 Å². The molecule has 0 heterocycles. The van der Waals surface area contributed by atoms with Crippen molar-refractivity contribution in [2.24, 2.45) is 0 Å². The van der Waals surface area contributed by atoms with Crippen LogP contribution in [-0.2, 0) is 9.47 Å². The number of nitrogens with one attached hydrogen (secondary N) is 1. The van der Waals surface area contributed by atoms with Crippen LogP contribution in [0.3, 0.4) is 0 Å². The molecule has 1 unspecified atom stereocenters. The third kappa shape index (κ3) is 9.76. The van der Waals surface area contributed by atoms with E-state index in [-0.39, 0.29) is 12.7 Å². The monoisotopic (exact) mass is 191 g/mol. The largest absolute Gasteiger partial charge is 0.395 e. The molecule has 0 aliphatic heterocycles. The van der Waals surface area contributed by atoms with Gasteiger partial charge >= 0.3 is 0 Å². The van der Waals surface area contributed by atoms with E-state index in [1.54, 1.807) is 7.11 Å². The molecule has 0 aromatic carbocycles. The molecule has 0 saturated carbocycles. The minimum absolute atomic E-state index is 0.181. The van der Waals surface area contributed by atoms with E-state index in [0.717, 1.165) is 19.6 Å². The fraction of sp³-hybridized carbons (Fsp3) is 1.00. The van der Waals surface area contributed by atoms with Gasteiger partial charge < -0.3 is 19.9 Å². The molecule has 0 fully saturated rings. The maximum atomic E-state index is 8.45. The number of aliphatic hydroxyl groups excluding tert-OH is 1. The smallest absolute Gasteiger partial charge is 0.0590 e. The van der Waals surface area contributed by atoms with E-state index in [1.807, 2.05) is 6.92 Å². The molecule has 0 aliphatic carbocycles. The molecular formula is C9H21NO3. The van der Waals surface area contributed by atoms with Gasteiger partial charge in [-0.1, -0.05) is 0 Å². The van der Waals surface area contributed by atoms with Crippen LogP contribution < -0.4 is 5.32 Å². The Morgan fingerprint density at radius 3 is 2.69 bits per heavy atom. The number of ether oxygens (including phenoxy) is 2. The van der Waals surface area contributed by atoms with Crippen LogP contribution in [0.5, 0.6) is 0 Å². The summed E-state index contributed by atoms with van der Waals surface area (Å²) >= 11 is 0. The first-order chi connectivity index (χ1) is 6.31. The molecule has 80 valence electrons. The van der Waals surface area contributed by atoms with Gasteiger partial charge in [0.05, 0.1) is 19.3 Å². The molecule has 0 spiro atoms. The van der Waals surface area contributed by atoms with Crippen molar-refractivity contribution < 1.29 is 14.6 Å². The molecule has 0 aromatic rings. The van der Waals surface area contributed by atoms with Crippen LogP contribution in [0.2, 0.25) is 0 Å². The molecule has 0 saturated heterocycles. The average Bonchev–Trinajstić information content (AvgIpc) is 2.16. The Kier molecular flexibility index (Phi) is 9.80. The van der Waals surface area contributed by atoms with Gasteiger partial charge in [0.15, 0.2) is 0 Å². The van der Waals surface area contributed by atoms with Gasteiger partial charge in [-0.3, -0.25) is 0 Å². The highest BCUT2D eigenvalue weighted by molar-refractivity contribution is 4.48. The third-order valence-corrected chi connectivity index (χ3v) is 1.78. The van der Waals surface area contributed by atoms with E-state index in [1.165, 1.54) is 0 Å². The molecule has 13 heavy (non-hydrogen) atoms. The number of hydrogen-bond acceptors (Lipinski definition) is 4. The number of aliphatic hydroxyl groups is 1. The highest BCUT2D eigenvalue weighted by Gasteiger charge is 1.97. The van der Waals surface area contributed by atoms with Gasteiger partial charge in [0.1, 0.15) is 0 Å². The van der Waals surface area contributed by atoms with Gasteiger partial charge in [0.25, 0.3) is 0 Å². The molecule has 4 heteroatoms. The Hall–Kier alpha value is -0.160. The Bertz CT molecular complexity index is 101. The molecule has 1 atom stereocenters. The quantitative estimate of drug-likeness (QED) is 0.504. The van der Waals surface area contributed by atoms with Crippen LogP contribution in [-0.4, -0.2) is 51.2 Å². The van der Waals surface area contributed by atoms with Crippen LogP contribution in [0.1, 0.15) is 13.3 Å². The van der Waals surface area contributed by atoms with Crippen LogP contribution in [0.25, 0.3) is 0 Å². The molecule has 2 N–H and O–H groups in total. The predicted molar refractivity (Wildman–Crippen MR) is 51.9 cm³/mol. The minimum Gasteiger partial charge on any atom is -0.395 e. The second-order valence-electron chi connectivity index (χ2n) is 2.92. The molecule has 0 rings (SSSR count). The van der Waals surface area contributed by atoms with Crippen LogP contribution in [0.4, 0.5) is 0 Å². The van der Waals surface area contributed by atoms with E-state index >= 15 is 0 Å². The lowest BCUT2D eigenvalue weighted by molar-refractivity contribution is 0.0624. The zero-order valence-corrected chi connectivity index (χ0v) is 8.58. The Morgan fingerprint density at radius 2 is 2.08 bits per heavy atom. The predicted octanol–water partition coefficient (Wildman–Crippen LogP) is 0.00990. The van der Waals surface area contributed by atoms with Crippen molar-refractivity contribution in [1.29, 1.82) is 0 Å². The van der Waals surface area contributed by atoms with Crippen molar-refractivity contribution in [3.63, 3.8) is 0 Å². The van der Waals surface area contributed by atoms with Gasteiger partial charge in [0.2, 0.25) is 0 Å². The Balaban J connectivity index is 2.91. The molecule has 0 radical (unpaired) electrons. The van der Waals surface area contributed by atoms with E-state index in [2.05, 4.69) is 5.32 Å². The molecular weight excluding hydrogens is 170 g/mol. The highest BCUT2D eigenvalue weighted by atomic mass is 16.5. The fourth-order valence-electron chi connectivity index (χ4n) is 0.818. The van der Waals surface area contributed by atoms with Crippen molar-refractivity contribution in [3.05, 3.63) is 0 Å². The first kappa shape index (κ1) is 12.8. The topological polar surface area (TPSA) is 50.7 Å². The summed E-state index contributed by atoms with van der Waals surface area (Å²) < 4.78 is 10.4. The summed E-state index contributed by atoms with van der Waals surface area (Å²) in [5.74, 6) is 0. The molecule has 4 nitrogen and oxygen atoms in total. The van der Waals surface area contributed by atoms with Crippen molar-refractivity contribution in [2.45, 2.75) is 19.4 Å². The lowest BCUT2D eigenvalue weighted by Gasteiger charge is -2.09. The summed E-state index contributed by atoms with van der Waals surface area (Å²) in [6.07, 6.45) is 1.20. The third-order valence-electron chi connectivity index (χ3n) is 1.78. The first-order valence-corrected chi connectivity index (χ1v) is 4.73. The van der Waals surface area contributed by atoms with Gasteiger partial charge in [-0.2, -0.15) is 0 Å². The van der Waals surface area contributed by atoms with Crippen LogP contribution in [0, 0.1) is 0 Å². The number of methoxy groups -OCH3 is 1. The zero-order valence-electron chi connectivity index (χ0n) is 8.58. The van der Waals surface area contributed by atoms with Crippen molar-refractivity contribution in [3.8, 4) is 0 Å². The summed E-state index contributed by atoms with van der Waals surface area (Å²) in [6.45, 7) is 5.06. The van der Waals surface area contributed by atoms with Crippen molar-refractivity contribution >= 4 is 0 Å². The fourth-order valence-corrected chi connectivity index (χ4v) is 0.818. The highest BCUT2D eigenvalue weighted by Crippen LogP contribution is 1.94. The van der Waals surface area contributed by atoms with Crippen molar-refractivity contribution in [2.75, 3.05) is 40.0 Å². The van der Waals surface area contributed by atoms with Crippen molar-refractivity contribution in [1.82, 2.24) is 5.32 Å². The van der Waals surface area contributed by atoms with Gasteiger partial charge in [-0.05, 0) is 13.3 Å². The SMILES string of the molecule is COC(C)CCOCCNCCO. The zero-order chi connectivity index (χ0) is 9.94. The lowest BCUT2D eigenvalue weighted by Crippen LogP contribution is -2.23. The number of rotatable bonds is 9. The molecule has 0 aliphatic rings. The van der Waals surface area contributed by atoms with Gasteiger partial charge in [0, 0.05) is 26.8 Å². The summed E-state index contributed by atoms with van der Waals surface area (Å²) in [4.78, 5) is 0. The second kappa shape index (κ2) is 9.92. The van der Waals surface area contributed by atoms with Gasteiger partial charge in [-0.25, -0.2) is 0 Å². The summed E-state index contributed by atoms with van der Waals surface area (Å²) in [6, 6.07) is 0. The second-order valence-corrected chi connectivity index (χ2v) is 2.92. The summed E-state index contributed by atoms with van der Waals surface area (Å²) in [7, 11) is 1.70. The van der Waals surface area contributed by atoms with Gasteiger partial charge in [-0.15, -0.1) is 0 Å². The Labute approximate surface area is 80.2 Å². The minimum atomic E-state index is 0.181. The van der Waals surface area contributed by atoms with Crippen LogP contribution >= 0.6 is 0 Å². The molecule has 0 amide bonds. The Morgan fingerprint density at radius 1 is 1.31 bits per heavy atom. The lowest BCUT2D eigenvalue weighted by atomic mass is 10.3. The van der Waals surface area contributed by atoms with E-state index in [9.17, 15) is 0 Å². The van der Waals surface area contributed by atoms with Crippen LogP contribution in [0.15, 0.2) is 0 Å². The normalized spacial score (nSPS) is 13.2. The standard InChI is InChI=1S/C9H21NO3/c1-9(12-2)3-7-13-8-5-10-4-6-11/h9-11H,3-8H2,1-2H3. The molecule has 0 bridgehead atoms. The summed E-state index contributed by atoms with van der Waals surface area (Å²) in [5.41, 5.74) is 0. The maximum Gasteiger partial charge on any atom is 0.0590 e. The molecule has 0 aromatic heterocycles.